The molecule has 120 valence electrons. The summed E-state index contributed by atoms with van der Waals surface area (Å²) in [7, 11) is 0. The lowest BCUT2D eigenvalue weighted by Gasteiger charge is -2.07. The van der Waals surface area contributed by atoms with Crippen molar-refractivity contribution < 1.29 is 4.79 Å². The summed E-state index contributed by atoms with van der Waals surface area (Å²) < 4.78 is 0. The van der Waals surface area contributed by atoms with Crippen LogP contribution in [0.15, 0.2) is 66.9 Å². The van der Waals surface area contributed by atoms with E-state index in [1.54, 1.807) is 12.3 Å². The van der Waals surface area contributed by atoms with Crippen molar-refractivity contribution in [1.29, 1.82) is 0 Å². The third-order valence-electron chi connectivity index (χ3n) is 3.28. The molecule has 0 aliphatic carbocycles. The highest BCUT2D eigenvalue weighted by Crippen LogP contribution is 2.11. The minimum Gasteiger partial charge on any atom is -0.350 e. The monoisotopic (exact) mass is 338 g/mol. The van der Waals surface area contributed by atoms with Gasteiger partial charge in [0.1, 0.15) is 5.69 Å². The standard InChI is InChI=1S/C18H15ClN4O/c19-14-8-6-13(7-9-14)12-21-18-20-11-10-16(23-18)17(24)22-15-4-2-1-3-5-15/h1-11H,12H2,(H,22,24)(H,20,21,23). The van der Waals surface area contributed by atoms with Crippen LogP contribution < -0.4 is 10.6 Å². The summed E-state index contributed by atoms with van der Waals surface area (Å²) in [6.45, 7) is 0.543. The zero-order valence-electron chi connectivity index (χ0n) is 12.7. The summed E-state index contributed by atoms with van der Waals surface area (Å²) >= 11 is 5.86. The van der Waals surface area contributed by atoms with Gasteiger partial charge in [-0.2, -0.15) is 0 Å². The molecule has 2 N–H and O–H groups in total. The molecule has 0 fully saturated rings. The van der Waals surface area contributed by atoms with Crippen LogP contribution >= 0.6 is 11.6 Å². The fourth-order valence-electron chi connectivity index (χ4n) is 2.07. The first-order valence-electron chi connectivity index (χ1n) is 7.38. The molecule has 0 bridgehead atoms. The van der Waals surface area contributed by atoms with Crippen molar-refractivity contribution in [2.75, 3.05) is 10.6 Å². The van der Waals surface area contributed by atoms with Gasteiger partial charge in [0.25, 0.3) is 5.91 Å². The van der Waals surface area contributed by atoms with Crippen LogP contribution in [0, 0.1) is 0 Å². The van der Waals surface area contributed by atoms with Gasteiger partial charge in [-0.05, 0) is 35.9 Å². The van der Waals surface area contributed by atoms with E-state index in [0.717, 1.165) is 11.3 Å². The number of hydrogen-bond acceptors (Lipinski definition) is 4. The first kappa shape index (κ1) is 16.0. The number of carbonyl (C=O) groups is 1. The number of amides is 1. The lowest BCUT2D eigenvalue weighted by Crippen LogP contribution is -2.15. The Morgan fingerprint density at radius 1 is 1.00 bits per heavy atom. The summed E-state index contributed by atoms with van der Waals surface area (Å²) in [4.78, 5) is 20.6. The average Bonchev–Trinajstić information content (AvgIpc) is 2.62. The van der Waals surface area contributed by atoms with Gasteiger partial charge in [0, 0.05) is 23.5 Å². The molecule has 24 heavy (non-hydrogen) atoms. The Morgan fingerprint density at radius 2 is 1.75 bits per heavy atom. The maximum atomic E-state index is 12.2. The van der Waals surface area contributed by atoms with Crippen LogP contribution in [0.5, 0.6) is 0 Å². The molecule has 0 aliphatic heterocycles. The molecule has 0 radical (unpaired) electrons. The van der Waals surface area contributed by atoms with Gasteiger partial charge in [-0.1, -0.05) is 41.9 Å². The number of rotatable bonds is 5. The Balaban J connectivity index is 1.65. The average molecular weight is 339 g/mol. The van der Waals surface area contributed by atoms with E-state index in [1.165, 1.54) is 0 Å². The Hall–Kier alpha value is -2.92. The molecule has 0 atom stereocenters. The number of carbonyl (C=O) groups excluding carboxylic acids is 1. The van der Waals surface area contributed by atoms with Crippen molar-refractivity contribution in [2.45, 2.75) is 6.54 Å². The van der Waals surface area contributed by atoms with Crippen LogP contribution in [0.2, 0.25) is 5.02 Å². The van der Waals surface area contributed by atoms with E-state index in [4.69, 9.17) is 11.6 Å². The van der Waals surface area contributed by atoms with Gasteiger partial charge in [0.15, 0.2) is 0 Å². The molecule has 0 saturated heterocycles. The highest BCUT2D eigenvalue weighted by atomic mass is 35.5. The molecule has 0 unspecified atom stereocenters. The van der Waals surface area contributed by atoms with Crippen molar-refractivity contribution in [1.82, 2.24) is 9.97 Å². The lowest BCUT2D eigenvalue weighted by atomic mass is 10.2. The summed E-state index contributed by atoms with van der Waals surface area (Å²) in [5.74, 6) is 0.115. The van der Waals surface area contributed by atoms with Gasteiger partial charge >= 0.3 is 0 Å². The fourth-order valence-corrected chi connectivity index (χ4v) is 2.20. The number of para-hydroxylation sites is 1. The summed E-state index contributed by atoms with van der Waals surface area (Å²) in [6, 6.07) is 18.3. The second kappa shape index (κ2) is 7.57. The van der Waals surface area contributed by atoms with Crippen LogP contribution in [0.4, 0.5) is 11.6 Å². The van der Waals surface area contributed by atoms with Gasteiger partial charge in [0.2, 0.25) is 5.95 Å². The van der Waals surface area contributed by atoms with E-state index in [1.807, 2.05) is 54.6 Å². The van der Waals surface area contributed by atoms with E-state index in [9.17, 15) is 4.79 Å². The molecular weight excluding hydrogens is 324 g/mol. The molecule has 0 spiro atoms. The van der Waals surface area contributed by atoms with Crippen LogP contribution in [-0.2, 0) is 6.54 Å². The number of halogens is 1. The smallest absolute Gasteiger partial charge is 0.274 e. The van der Waals surface area contributed by atoms with Gasteiger partial charge in [0.05, 0.1) is 0 Å². The Kier molecular flexibility index (Phi) is 5.03. The first-order chi connectivity index (χ1) is 11.7. The third kappa shape index (κ3) is 4.30. The molecule has 1 heterocycles. The summed E-state index contributed by atoms with van der Waals surface area (Å²) in [6.07, 6.45) is 1.55. The van der Waals surface area contributed by atoms with Crippen molar-refractivity contribution in [3.63, 3.8) is 0 Å². The second-order valence-corrected chi connectivity index (χ2v) is 5.50. The van der Waals surface area contributed by atoms with Crippen LogP contribution in [-0.4, -0.2) is 15.9 Å². The molecule has 1 amide bonds. The van der Waals surface area contributed by atoms with E-state index in [0.29, 0.717) is 23.2 Å². The summed E-state index contributed by atoms with van der Waals surface area (Å²) in [5, 5.41) is 6.58. The Morgan fingerprint density at radius 3 is 2.50 bits per heavy atom. The normalized spacial score (nSPS) is 10.2. The van der Waals surface area contributed by atoms with E-state index < -0.39 is 0 Å². The number of aromatic nitrogens is 2. The number of nitrogens with one attached hydrogen (secondary N) is 2. The molecule has 0 saturated carbocycles. The van der Waals surface area contributed by atoms with Crippen molar-refractivity contribution >= 4 is 29.1 Å². The maximum Gasteiger partial charge on any atom is 0.274 e. The number of benzene rings is 2. The first-order valence-corrected chi connectivity index (χ1v) is 7.76. The third-order valence-corrected chi connectivity index (χ3v) is 3.54. The predicted octanol–water partition coefficient (Wildman–Crippen LogP) is 3.99. The molecule has 5 nitrogen and oxygen atoms in total. The van der Waals surface area contributed by atoms with Crippen molar-refractivity contribution in [2.24, 2.45) is 0 Å². The molecule has 1 aromatic heterocycles. The van der Waals surface area contributed by atoms with Gasteiger partial charge < -0.3 is 10.6 Å². The Bertz CT molecular complexity index is 822. The minimum atomic E-state index is -0.279. The number of hydrogen-bond donors (Lipinski definition) is 2. The zero-order chi connectivity index (χ0) is 16.8. The lowest BCUT2D eigenvalue weighted by molar-refractivity contribution is 0.102. The molecule has 3 rings (SSSR count). The van der Waals surface area contributed by atoms with E-state index in [-0.39, 0.29) is 5.91 Å². The topological polar surface area (TPSA) is 66.9 Å². The van der Waals surface area contributed by atoms with Gasteiger partial charge in [-0.3, -0.25) is 4.79 Å². The largest absolute Gasteiger partial charge is 0.350 e. The molecular formula is C18H15ClN4O. The predicted molar refractivity (Wildman–Crippen MR) is 95.2 cm³/mol. The van der Waals surface area contributed by atoms with E-state index >= 15 is 0 Å². The highest BCUT2D eigenvalue weighted by molar-refractivity contribution is 6.30. The molecule has 3 aromatic rings. The van der Waals surface area contributed by atoms with Crippen molar-refractivity contribution in [3.8, 4) is 0 Å². The molecule has 6 heteroatoms. The van der Waals surface area contributed by atoms with Gasteiger partial charge in [-0.25, -0.2) is 9.97 Å². The number of anilines is 2. The summed E-state index contributed by atoms with van der Waals surface area (Å²) in [5.41, 5.74) is 2.06. The molecule has 2 aromatic carbocycles. The minimum absolute atomic E-state index is 0.279. The highest BCUT2D eigenvalue weighted by Gasteiger charge is 2.09. The Labute approximate surface area is 144 Å². The van der Waals surface area contributed by atoms with Crippen LogP contribution in [0.3, 0.4) is 0 Å². The quantitative estimate of drug-likeness (QED) is 0.738. The van der Waals surface area contributed by atoms with Gasteiger partial charge in [-0.15, -0.1) is 0 Å². The number of nitrogens with zero attached hydrogens (tertiary/aromatic N) is 2. The molecule has 0 aliphatic rings. The van der Waals surface area contributed by atoms with Crippen LogP contribution in [0.1, 0.15) is 16.1 Å². The van der Waals surface area contributed by atoms with Crippen molar-refractivity contribution in [3.05, 3.63) is 83.1 Å². The second-order valence-electron chi connectivity index (χ2n) is 5.07. The SMILES string of the molecule is O=C(Nc1ccccc1)c1ccnc(NCc2ccc(Cl)cc2)n1. The fraction of sp³-hybridized carbons (Fsp3) is 0.0556. The maximum absolute atomic E-state index is 12.2. The zero-order valence-corrected chi connectivity index (χ0v) is 13.5. The van der Waals surface area contributed by atoms with Crippen LogP contribution in [0.25, 0.3) is 0 Å². The van der Waals surface area contributed by atoms with E-state index in [2.05, 4.69) is 20.6 Å².